The van der Waals surface area contributed by atoms with E-state index in [-0.39, 0.29) is 11.7 Å². The quantitative estimate of drug-likeness (QED) is 0.825. The molecule has 1 aromatic rings. The summed E-state index contributed by atoms with van der Waals surface area (Å²) >= 11 is 5.48. The number of allylic oxidation sites excluding steroid dienone is 2. The van der Waals surface area contributed by atoms with Gasteiger partial charge in [-0.3, -0.25) is 4.57 Å². The van der Waals surface area contributed by atoms with E-state index >= 15 is 0 Å². The Kier molecular flexibility index (Phi) is 4.44. The number of aromatic amines is 1. The number of aryl methyl sites for hydroxylation is 1. The fourth-order valence-electron chi connectivity index (χ4n) is 2.40. The number of H-pyrrole nitrogens is 1. The van der Waals surface area contributed by atoms with Crippen LogP contribution in [-0.4, -0.2) is 22.6 Å². The minimum atomic E-state index is -0.0195. The van der Waals surface area contributed by atoms with E-state index in [2.05, 4.69) is 10.3 Å². The average Bonchev–Trinajstić information content (AvgIpc) is 2.66. The molecule has 1 aromatic heterocycles. The molecule has 4 nitrogen and oxygen atoms in total. The Morgan fingerprint density at radius 1 is 1.33 bits per heavy atom. The van der Waals surface area contributed by atoms with E-state index in [4.69, 9.17) is 11.6 Å². The Balaban J connectivity index is 2.35. The number of imidazole rings is 1. The standard InChI is InChI=1S/C13H18ClN3O/c1-10-12(4-2-3-7-14)17(13(18)16-10)11-5-8-15-9-6-11/h2-4,7,11,15H,5-6,8-9H2,1H3,(H,16,18)/b4-2-,7-3+. The zero-order valence-electron chi connectivity index (χ0n) is 10.4. The van der Waals surface area contributed by atoms with Gasteiger partial charge in [0, 0.05) is 17.3 Å². The van der Waals surface area contributed by atoms with Crippen molar-refractivity contribution in [3.05, 3.63) is 39.6 Å². The van der Waals surface area contributed by atoms with Crippen molar-refractivity contribution in [1.82, 2.24) is 14.9 Å². The topological polar surface area (TPSA) is 49.8 Å². The van der Waals surface area contributed by atoms with E-state index in [0.717, 1.165) is 37.3 Å². The molecule has 1 saturated heterocycles. The van der Waals surface area contributed by atoms with Crippen molar-refractivity contribution in [3.8, 4) is 0 Å². The Hall–Kier alpha value is -1.26. The Labute approximate surface area is 111 Å². The Bertz CT molecular complexity index is 507. The Morgan fingerprint density at radius 2 is 2.06 bits per heavy atom. The summed E-state index contributed by atoms with van der Waals surface area (Å²) < 4.78 is 1.87. The van der Waals surface area contributed by atoms with Gasteiger partial charge in [0.25, 0.3) is 0 Å². The van der Waals surface area contributed by atoms with Crippen molar-refractivity contribution >= 4 is 17.7 Å². The second kappa shape index (κ2) is 6.07. The summed E-state index contributed by atoms with van der Waals surface area (Å²) in [6, 6.07) is 0.281. The molecular weight excluding hydrogens is 250 g/mol. The first-order chi connectivity index (χ1) is 8.74. The van der Waals surface area contributed by atoms with E-state index in [1.165, 1.54) is 5.54 Å². The molecule has 1 aliphatic heterocycles. The molecule has 1 aliphatic rings. The average molecular weight is 268 g/mol. The number of nitrogens with one attached hydrogen (secondary N) is 2. The molecular formula is C13H18ClN3O. The summed E-state index contributed by atoms with van der Waals surface area (Å²) in [6.07, 6.45) is 7.49. The molecule has 98 valence electrons. The van der Waals surface area contributed by atoms with Crippen LogP contribution in [0.5, 0.6) is 0 Å². The van der Waals surface area contributed by atoms with Crippen LogP contribution < -0.4 is 11.0 Å². The first-order valence-corrected chi connectivity index (χ1v) is 6.63. The zero-order chi connectivity index (χ0) is 13.0. The lowest BCUT2D eigenvalue weighted by molar-refractivity contribution is 0.360. The highest BCUT2D eigenvalue weighted by Gasteiger charge is 2.20. The van der Waals surface area contributed by atoms with Gasteiger partial charge in [0.05, 0.1) is 5.69 Å². The number of piperidine rings is 1. The molecule has 2 heterocycles. The molecule has 0 aliphatic carbocycles. The van der Waals surface area contributed by atoms with Gasteiger partial charge in [0.15, 0.2) is 0 Å². The second-order valence-electron chi connectivity index (χ2n) is 4.47. The molecule has 0 unspecified atom stereocenters. The number of hydrogen-bond acceptors (Lipinski definition) is 2. The number of hydrogen-bond donors (Lipinski definition) is 2. The van der Waals surface area contributed by atoms with Gasteiger partial charge in [-0.05, 0) is 38.9 Å². The third-order valence-electron chi connectivity index (χ3n) is 3.27. The van der Waals surface area contributed by atoms with Gasteiger partial charge in [0.2, 0.25) is 0 Å². The van der Waals surface area contributed by atoms with E-state index in [1.54, 1.807) is 6.08 Å². The van der Waals surface area contributed by atoms with Crippen molar-refractivity contribution in [3.63, 3.8) is 0 Å². The molecule has 0 amide bonds. The lowest BCUT2D eigenvalue weighted by Crippen LogP contribution is -2.33. The fraction of sp³-hybridized carbons (Fsp3) is 0.462. The van der Waals surface area contributed by atoms with Gasteiger partial charge in [-0.2, -0.15) is 0 Å². The highest BCUT2D eigenvalue weighted by Crippen LogP contribution is 2.20. The van der Waals surface area contributed by atoms with Gasteiger partial charge in [-0.1, -0.05) is 23.8 Å². The maximum absolute atomic E-state index is 12.0. The van der Waals surface area contributed by atoms with Crippen LogP contribution in [0.1, 0.15) is 30.3 Å². The van der Waals surface area contributed by atoms with E-state index < -0.39 is 0 Å². The van der Waals surface area contributed by atoms with Gasteiger partial charge >= 0.3 is 5.69 Å². The van der Waals surface area contributed by atoms with Crippen LogP contribution in [0.4, 0.5) is 0 Å². The molecule has 0 aromatic carbocycles. The van der Waals surface area contributed by atoms with Crippen molar-refractivity contribution in [1.29, 1.82) is 0 Å². The smallest absolute Gasteiger partial charge is 0.317 e. The molecule has 18 heavy (non-hydrogen) atoms. The van der Waals surface area contributed by atoms with Crippen LogP contribution in [0.15, 0.2) is 22.5 Å². The largest absolute Gasteiger partial charge is 0.326 e. The highest BCUT2D eigenvalue weighted by atomic mass is 35.5. The SMILES string of the molecule is Cc1[nH]c(=O)n(C2CCNCC2)c1/C=C\C=C\Cl. The van der Waals surface area contributed by atoms with Crippen LogP contribution in [0.25, 0.3) is 6.08 Å². The summed E-state index contributed by atoms with van der Waals surface area (Å²) in [7, 11) is 0. The highest BCUT2D eigenvalue weighted by molar-refractivity contribution is 6.25. The summed E-state index contributed by atoms with van der Waals surface area (Å²) in [5.74, 6) is 0. The predicted octanol–water partition coefficient (Wildman–Crippen LogP) is 2.18. The van der Waals surface area contributed by atoms with E-state index in [0.29, 0.717) is 0 Å². The molecule has 2 N–H and O–H groups in total. The van der Waals surface area contributed by atoms with Crippen molar-refractivity contribution in [2.75, 3.05) is 13.1 Å². The lowest BCUT2D eigenvalue weighted by atomic mass is 10.1. The lowest BCUT2D eigenvalue weighted by Gasteiger charge is -2.24. The maximum atomic E-state index is 12.0. The zero-order valence-corrected chi connectivity index (χ0v) is 11.2. The first kappa shape index (κ1) is 13.2. The predicted molar refractivity (Wildman–Crippen MR) is 75.0 cm³/mol. The molecule has 0 spiro atoms. The summed E-state index contributed by atoms with van der Waals surface area (Å²) in [6.45, 7) is 3.85. The molecule has 0 saturated carbocycles. The fourth-order valence-corrected chi connectivity index (χ4v) is 2.48. The van der Waals surface area contributed by atoms with Gasteiger partial charge in [-0.25, -0.2) is 4.79 Å². The van der Waals surface area contributed by atoms with Crippen LogP contribution in [0.3, 0.4) is 0 Å². The monoisotopic (exact) mass is 267 g/mol. The van der Waals surface area contributed by atoms with Crippen molar-refractivity contribution < 1.29 is 0 Å². The van der Waals surface area contributed by atoms with Gasteiger partial charge in [-0.15, -0.1) is 0 Å². The maximum Gasteiger partial charge on any atom is 0.326 e. The molecule has 2 rings (SSSR count). The normalized spacial score (nSPS) is 18.1. The number of halogens is 1. The van der Waals surface area contributed by atoms with E-state index in [1.807, 2.05) is 23.6 Å². The van der Waals surface area contributed by atoms with Crippen LogP contribution in [0.2, 0.25) is 0 Å². The van der Waals surface area contributed by atoms with Crippen molar-refractivity contribution in [2.24, 2.45) is 0 Å². The number of aromatic nitrogens is 2. The Morgan fingerprint density at radius 3 is 2.72 bits per heavy atom. The first-order valence-electron chi connectivity index (χ1n) is 6.19. The number of nitrogens with zero attached hydrogens (tertiary/aromatic N) is 1. The minimum absolute atomic E-state index is 0.0195. The molecule has 0 radical (unpaired) electrons. The minimum Gasteiger partial charge on any atom is -0.317 e. The van der Waals surface area contributed by atoms with Crippen LogP contribution in [0, 0.1) is 6.92 Å². The van der Waals surface area contributed by atoms with E-state index in [9.17, 15) is 4.79 Å². The van der Waals surface area contributed by atoms with Crippen LogP contribution in [-0.2, 0) is 0 Å². The van der Waals surface area contributed by atoms with Crippen LogP contribution >= 0.6 is 11.6 Å². The second-order valence-corrected chi connectivity index (χ2v) is 4.72. The third kappa shape index (κ3) is 2.76. The van der Waals surface area contributed by atoms with Crippen molar-refractivity contribution in [2.45, 2.75) is 25.8 Å². The summed E-state index contributed by atoms with van der Waals surface area (Å²) in [5.41, 5.74) is 3.28. The third-order valence-corrected chi connectivity index (χ3v) is 3.41. The summed E-state index contributed by atoms with van der Waals surface area (Å²) in [5, 5.41) is 3.31. The molecule has 0 atom stereocenters. The molecule has 0 bridgehead atoms. The summed E-state index contributed by atoms with van der Waals surface area (Å²) in [4.78, 5) is 14.9. The number of rotatable bonds is 3. The molecule has 1 fully saturated rings. The van der Waals surface area contributed by atoms with Gasteiger partial charge < -0.3 is 10.3 Å². The van der Waals surface area contributed by atoms with Gasteiger partial charge in [0.1, 0.15) is 0 Å². The molecule has 5 heteroatoms.